The van der Waals surface area contributed by atoms with E-state index in [-0.39, 0.29) is 24.2 Å². The van der Waals surface area contributed by atoms with Crippen molar-refractivity contribution in [3.05, 3.63) is 59.2 Å². The summed E-state index contributed by atoms with van der Waals surface area (Å²) in [4.78, 5) is 28.9. The lowest BCUT2D eigenvalue weighted by Crippen LogP contribution is -2.32. The summed E-state index contributed by atoms with van der Waals surface area (Å²) in [5.74, 6) is -0.362. The lowest BCUT2D eigenvalue weighted by Gasteiger charge is -2.20. The van der Waals surface area contributed by atoms with Crippen molar-refractivity contribution in [3.63, 3.8) is 0 Å². The molecule has 0 radical (unpaired) electrons. The minimum atomic E-state index is -0.311. The van der Waals surface area contributed by atoms with E-state index in [1.54, 1.807) is 4.90 Å². The largest absolute Gasteiger partial charge is 0.378 e. The number of benzene rings is 2. The van der Waals surface area contributed by atoms with E-state index in [0.29, 0.717) is 13.1 Å². The van der Waals surface area contributed by atoms with Gasteiger partial charge >= 0.3 is 0 Å². The molecule has 1 aliphatic heterocycles. The average Bonchev–Trinajstić information content (AvgIpc) is 3.04. The smallest absolute Gasteiger partial charge is 0.227 e. The first kappa shape index (κ1) is 19.0. The third-order valence-corrected chi connectivity index (χ3v) is 5.26. The zero-order chi connectivity index (χ0) is 19.6. The van der Waals surface area contributed by atoms with Gasteiger partial charge in [-0.25, -0.2) is 0 Å². The van der Waals surface area contributed by atoms with Crippen LogP contribution in [0.3, 0.4) is 0 Å². The molecule has 5 heteroatoms. The number of amides is 2. The van der Waals surface area contributed by atoms with Crippen molar-refractivity contribution < 1.29 is 9.59 Å². The Morgan fingerprint density at radius 2 is 1.93 bits per heavy atom. The Balaban J connectivity index is 1.64. The molecular weight excluding hydrogens is 338 g/mol. The van der Waals surface area contributed by atoms with Gasteiger partial charge in [-0.2, -0.15) is 0 Å². The van der Waals surface area contributed by atoms with E-state index in [2.05, 4.69) is 11.4 Å². The summed E-state index contributed by atoms with van der Waals surface area (Å²) >= 11 is 0. The maximum atomic E-state index is 12.6. The monoisotopic (exact) mass is 365 g/mol. The summed E-state index contributed by atoms with van der Waals surface area (Å²) in [5, 5.41) is 2.99. The fourth-order valence-corrected chi connectivity index (χ4v) is 3.42. The van der Waals surface area contributed by atoms with Gasteiger partial charge in [-0.15, -0.1) is 0 Å². The van der Waals surface area contributed by atoms with Crippen LogP contribution in [0.1, 0.15) is 23.1 Å². The van der Waals surface area contributed by atoms with Gasteiger partial charge in [-0.3, -0.25) is 9.59 Å². The Hall–Kier alpha value is -2.82. The zero-order valence-electron chi connectivity index (χ0n) is 16.5. The van der Waals surface area contributed by atoms with Crippen LogP contribution in [-0.2, 0) is 16.1 Å². The third kappa shape index (κ3) is 4.13. The Kier molecular flexibility index (Phi) is 5.49. The molecule has 0 aliphatic carbocycles. The van der Waals surface area contributed by atoms with Gasteiger partial charge in [0.05, 0.1) is 5.92 Å². The summed E-state index contributed by atoms with van der Waals surface area (Å²) in [5.41, 5.74) is 5.29. The second-order valence-electron chi connectivity index (χ2n) is 7.41. The molecule has 2 aromatic carbocycles. The molecule has 1 fully saturated rings. The second-order valence-corrected chi connectivity index (χ2v) is 7.41. The predicted molar refractivity (Wildman–Crippen MR) is 109 cm³/mol. The van der Waals surface area contributed by atoms with Gasteiger partial charge in [0.2, 0.25) is 11.8 Å². The van der Waals surface area contributed by atoms with Crippen LogP contribution in [0.4, 0.5) is 11.4 Å². The van der Waals surface area contributed by atoms with Gasteiger partial charge in [0.1, 0.15) is 0 Å². The third-order valence-electron chi connectivity index (χ3n) is 5.26. The van der Waals surface area contributed by atoms with Crippen LogP contribution in [0.15, 0.2) is 42.5 Å². The van der Waals surface area contributed by atoms with E-state index < -0.39 is 0 Å². The first-order valence-electron chi connectivity index (χ1n) is 9.27. The van der Waals surface area contributed by atoms with Crippen molar-refractivity contribution in [2.75, 3.05) is 30.4 Å². The number of rotatable bonds is 5. The molecule has 0 bridgehead atoms. The highest BCUT2D eigenvalue weighted by Crippen LogP contribution is 2.29. The number of hydrogen-bond donors (Lipinski definition) is 1. The van der Waals surface area contributed by atoms with Crippen LogP contribution in [0.2, 0.25) is 0 Å². The van der Waals surface area contributed by atoms with Gasteiger partial charge in [-0.05, 0) is 48.7 Å². The maximum Gasteiger partial charge on any atom is 0.227 e. The van der Waals surface area contributed by atoms with E-state index in [1.807, 2.05) is 69.2 Å². The minimum Gasteiger partial charge on any atom is -0.378 e. The molecule has 2 amide bonds. The molecule has 1 N–H and O–H groups in total. The molecule has 1 atom stereocenters. The number of hydrogen-bond acceptors (Lipinski definition) is 3. The van der Waals surface area contributed by atoms with Gasteiger partial charge in [0.15, 0.2) is 0 Å². The molecule has 0 aromatic heterocycles. The van der Waals surface area contributed by atoms with Crippen LogP contribution < -0.4 is 15.1 Å². The number of nitrogens with one attached hydrogen (secondary N) is 1. The Morgan fingerprint density at radius 3 is 2.67 bits per heavy atom. The second kappa shape index (κ2) is 7.82. The lowest BCUT2D eigenvalue weighted by atomic mass is 10.1. The molecule has 1 unspecified atom stereocenters. The first-order chi connectivity index (χ1) is 12.9. The molecule has 1 heterocycles. The molecule has 27 heavy (non-hydrogen) atoms. The fraction of sp³-hybridized carbons (Fsp3) is 0.364. The SMILES string of the molecule is Cc1cccc(N2CC(C(=O)NCc3cccc(N(C)C)c3)CC2=O)c1C. The number of anilines is 2. The predicted octanol–water partition coefficient (Wildman–Crippen LogP) is 3.04. The zero-order valence-corrected chi connectivity index (χ0v) is 16.5. The van der Waals surface area contributed by atoms with Gasteiger partial charge < -0.3 is 15.1 Å². The standard InChI is InChI=1S/C22H27N3O2/c1-15-7-5-10-20(16(15)2)25-14-18(12-21(25)26)22(27)23-13-17-8-6-9-19(11-17)24(3)4/h5-11,18H,12-14H2,1-4H3,(H,23,27). The highest BCUT2D eigenvalue weighted by atomic mass is 16.2. The van der Waals surface area contributed by atoms with Crippen molar-refractivity contribution >= 4 is 23.2 Å². The van der Waals surface area contributed by atoms with E-state index in [0.717, 1.165) is 28.1 Å². The number of nitrogens with zero attached hydrogens (tertiary/aromatic N) is 2. The van der Waals surface area contributed by atoms with Gasteiger partial charge in [-0.1, -0.05) is 24.3 Å². The summed E-state index contributed by atoms with van der Waals surface area (Å²) in [6.45, 7) is 4.95. The van der Waals surface area contributed by atoms with Crippen LogP contribution in [0, 0.1) is 19.8 Å². The summed E-state index contributed by atoms with van der Waals surface area (Å²) in [6, 6.07) is 14.0. The van der Waals surface area contributed by atoms with E-state index in [9.17, 15) is 9.59 Å². The normalized spacial score (nSPS) is 16.5. The highest BCUT2D eigenvalue weighted by Gasteiger charge is 2.35. The number of carbonyl (C=O) groups is 2. The van der Waals surface area contributed by atoms with E-state index in [4.69, 9.17) is 0 Å². The molecule has 3 rings (SSSR count). The lowest BCUT2D eigenvalue weighted by molar-refractivity contribution is -0.126. The molecule has 1 aliphatic rings. The van der Waals surface area contributed by atoms with Crippen molar-refractivity contribution in [1.82, 2.24) is 5.32 Å². The summed E-state index contributed by atoms with van der Waals surface area (Å²) in [6.07, 6.45) is 0.261. The molecule has 1 saturated heterocycles. The van der Waals surface area contributed by atoms with Gasteiger partial charge in [0, 0.05) is 45.0 Å². The molecular formula is C22H27N3O2. The number of carbonyl (C=O) groups excluding carboxylic acids is 2. The van der Waals surface area contributed by atoms with Gasteiger partial charge in [0.25, 0.3) is 0 Å². The van der Waals surface area contributed by atoms with E-state index in [1.165, 1.54) is 0 Å². The molecule has 0 saturated carbocycles. The van der Waals surface area contributed by atoms with Crippen molar-refractivity contribution in [1.29, 1.82) is 0 Å². The van der Waals surface area contributed by atoms with E-state index >= 15 is 0 Å². The van der Waals surface area contributed by atoms with Crippen LogP contribution in [0.5, 0.6) is 0 Å². The molecule has 0 spiro atoms. The topological polar surface area (TPSA) is 52.7 Å². The quantitative estimate of drug-likeness (QED) is 0.886. The molecule has 142 valence electrons. The van der Waals surface area contributed by atoms with Crippen LogP contribution >= 0.6 is 0 Å². The van der Waals surface area contributed by atoms with Crippen molar-refractivity contribution in [2.45, 2.75) is 26.8 Å². The fourth-order valence-electron chi connectivity index (χ4n) is 3.42. The van der Waals surface area contributed by atoms with Crippen molar-refractivity contribution in [2.24, 2.45) is 5.92 Å². The maximum absolute atomic E-state index is 12.6. The highest BCUT2D eigenvalue weighted by molar-refractivity contribution is 6.00. The molecule has 2 aromatic rings. The minimum absolute atomic E-state index is 0.0125. The Morgan fingerprint density at radius 1 is 1.19 bits per heavy atom. The van der Waals surface area contributed by atoms with Crippen LogP contribution in [-0.4, -0.2) is 32.5 Å². The first-order valence-corrected chi connectivity index (χ1v) is 9.27. The number of aryl methyl sites for hydroxylation is 1. The summed E-state index contributed by atoms with van der Waals surface area (Å²) in [7, 11) is 3.98. The van der Waals surface area contributed by atoms with Crippen molar-refractivity contribution in [3.8, 4) is 0 Å². The Labute approximate surface area is 161 Å². The molecule has 5 nitrogen and oxygen atoms in total. The van der Waals surface area contributed by atoms with Crippen LogP contribution in [0.25, 0.3) is 0 Å². The average molecular weight is 365 g/mol. The Bertz CT molecular complexity index is 860. The summed E-state index contributed by atoms with van der Waals surface area (Å²) < 4.78 is 0.